The summed E-state index contributed by atoms with van der Waals surface area (Å²) in [4.78, 5) is 4.62. The van der Waals surface area contributed by atoms with Crippen LogP contribution in [0.1, 0.15) is 43.2 Å². The first kappa shape index (κ1) is 20.6. The summed E-state index contributed by atoms with van der Waals surface area (Å²) in [7, 11) is -3.17. The summed E-state index contributed by atoms with van der Waals surface area (Å²) >= 11 is 0. The Morgan fingerprint density at radius 1 is 1.27 bits per heavy atom. The molecular weight excluding hydrogens is 400 g/mol. The van der Waals surface area contributed by atoms with E-state index in [1.165, 1.54) is 6.26 Å². The second kappa shape index (κ2) is 8.23. The Bertz CT molecular complexity index is 1150. The Hall–Kier alpha value is -2.65. The lowest BCUT2D eigenvalue weighted by Gasteiger charge is -2.18. The van der Waals surface area contributed by atoms with E-state index < -0.39 is 9.84 Å². The first-order chi connectivity index (χ1) is 14.3. The van der Waals surface area contributed by atoms with Gasteiger partial charge >= 0.3 is 0 Å². The minimum atomic E-state index is -3.17. The molecule has 1 saturated carbocycles. The van der Waals surface area contributed by atoms with Crippen LogP contribution in [0.2, 0.25) is 0 Å². The molecule has 3 aromatic rings. The summed E-state index contributed by atoms with van der Waals surface area (Å²) in [6.07, 6.45) is 6.10. The fourth-order valence-electron chi connectivity index (χ4n) is 3.64. The molecule has 1 aliphatic rings. The van der Waals surface area contributed by atoms with Crippen LogP contribution in [0, 0.1) is 0 Å². The van der Waals surface area contributed by atoms with Crippen LogP contribution >= 0.6 is 0 Å². The Balaban J connectivity index is 1.66. The van der Waals surface area contributed by atoms with Gasteiger partial charge in [-0.25, -0.2) is 13.4 Å². The molecule has 0 aliphatic heterocycles. The molecule has 9 heteroatoms. The predicted molar refractivity (Wildman–Crippen MR) is 120 cm³/mol. The van der Waals surface area contributed by atoms with Gasteiger partial charge in [0.15, 0.2) is 15.5 Å². The van der Waals surface area contributed by atoms with Gasteiger partial charge in [0.1, 0.15) is 11.6 Å². The second-order valence-electron chi connectivity index (χ2n) is 8.13. The van der Waals surface area contributed by atoms with Crippen molar-refractivity contribution in [3.63, 3.8) is 0 Å². The third-order valence-electron chi connectivity index (χ3n) is 5.25. The lowest BCUT2D eigenvalue weighted by molar-refractivity contribution is 0.600. The van der Waals surface area contributed by atoms with E-state index in [-0.39, 0.29) is 11.7 Å². The van der Waals surface area contributed by atoms with Crippen LogP contribution in [0.4, 0.5) is 17.3 Å². The van der Waals surface area contributed by atoms with E-state index in [2.05, 4.69) is 27.6 Å². The highest BCUT2D eigenvalue weighted by Gasteiger charge is 2.22. The van der Waals surface area contributed by atoms with Crippen LogP contribution in [0.3, 0.4) is 0 Å². The Morgan fingerprint density at radius 3 is 2.77 bits per heavy atom. The lowest BCUT2D eigenvalue weighted by atomic mass is 9.93. The van der Waals surface area contributed by atoms with Crippen LogP contribution in [-0.4, -0.2) is 41.9 Å². The van der Waals surface area contributed by atoms with E-state index in [1.54, 1.807) is 10.7 Å². The number of sulfone groups is 1. The van der Waals surface area contributed by atoms with Gasteiger partial charge in [-0.05, 0) is 55.0 Å². The summed E-state index contributed by atoms with van der Waals surface area (Å²) in [5.74, 6) is 1.76. The van der Waals surface area contributed by atoms with Gasteiger partial charge in [0.2, 0.25) is 0 Å². The van der Waals surface area contributed by atoms with Gasteiger partial charge in [0.25, 0.3) is 0 Å². The molecule has 0 unspecified atom stereocenters. The summed E-state index contributed by atoms with van der Waals surface area (Å²) in [6.45, 7) is 2.64. The largest absolute Gasteiger partial charge is 0.367 e. The molecule has 0 radical (unpaired) electrons. The number of fused-ring (bicyclic) bond motifs is 1. The van der Waals surface area contributed by atoms with Gasteiger partial charge in [0.05, 0.1) is 11.9 Å². The Kier molecular flexibility index (Phi) is 5.66. The van der Waals surface area contributed by atoms with Crippen molar-refractivity contribution < 1.29 is 8.42 Å². The molecule has 1 aliphatic carbocycles. The van der Waals surface area contributed by atoms with Crippen LogP contribution in [-0.2, 0) is 15.6 Å². The van der Waals surface area contributed by atoms with Crippen LogP contribution in [0.5, 0.6) is 0 Å². The van der Waals surface area contributed by atoms with E-state index in [1.807, 2.05) is 30.3 Å². The molecule has 0 spiro atoms. The molecule has 1 atom stereocenters. The normalized spacial score (nSPS) is 15.3. The van der Waals surface area contributed by atoms with E-state index in [9.17, 15) is 8.42 Å². The first-order valence-corrected chi connectivity index (χ1v) is 12.3. The number of nitrogens with zero attached hydrogens (tertiary/aromatic N) is 3. The molecule has 1 aromatic carbocycles. The van der Waals surface area contributed by atoms with Gasteiger partial charge in [-0.2, -0.15) is 9.61 Å². The van der Waals surface area contributed by atoms with Crippen LogP contribution in [0.15, 0.2) is 36.5 Å². The van der Waals surface area contributed by atoms with E-state index in [0.29, 0.717) is 18.4 Å². The van der Waals surface area contributed by atoms with E-state index in [4.69, 9.17) is 5.73 Å². The Labute approximate surface area is 176 Å². The van der Waals surface area contributed by atoms with Crippen molar-refractivity contribution >= 4 is 32.8 Å². The van der Waals surface area contributed by atoms with Crippen molar-refractivity contribution in [3.8, 4) is 0 Å². The summed E-state index contributed by atoms with van der Waals surface area (Å²) in [5, 5.41) is 11.2. The number of rotatable bonds is 9. The molecule has 160 valence electrons. The molecule has 1 fully saturated rings. The average Bonchev–Trinajstić information content (AvgIpc) is 3.34. The van der Waals surface area contributed by atoms with Gasteiger partial charge in [0, 0.05) is 30.1 Å². The number of anilines is 3. The molecular formula is C21H28N6O2S. The maximum atomic E-state index is 12.0. The van der Waals surface area contributed by atoms with E-state index >= 15 is 0 Å². The van der Waals surface area contributed by atoms with Crippen molar-refractivity contribution in [1.29, 1.82) is 0 Å². The zero-order chi connectivity index (χ0) is 21.3. The minimum Gasteiger partial charge on any atom is -0.367 e. The third-order valence-corrected chi connectivity index (χ3v) is 6.09. The highest BCUT2D eigenvalue weighted by atomic mass is 32.2. The second-order valence-corrected chi connectivity index (χ2v) is 10.3. The molecule has 2 aromatic heterocycles. The summed E-state index contributed by atoms with van der Waals surface area (Å²) < 4.78 is 25.8. The van der Waals surface area contributed by atoms with Gasteiger partial charge in [-0.3, -0.25) is 0 Å². The maximum absolute atomic E-state index is 12.0. The molecule has 0 saturated heterocycles. The molecule has 0 bridgehead atoms. The lowest BCUT2D eigenvalue weighted by Crippen LogP contribution is -2.10. The molecule has 30 heavy (non-hydrogen) atoms. The van der Waals surface area contributed by atoms with Crippen molar-refractivity contribution in [2.24, 2.45) is 5.73 Å². The predicted octanol–water partition coefficient (Wildman–Crippen LogP) is 3.04. The fourth-order valence-corrected chi connectivity index (χ4v) is 4.46. The van der Waals surface area contributed by atoms with Crippen molar-refractivity contribution in [1.82, 2.24) is 14.6 Å². The zero-order valence-corrected chi connectivity index (χ0v) is 18.1. The van der Waals surface area contributed by atoms with Crippen LogP contribution < -0.4 is 16.4 Å². The molecule has 2 heterocycles. The number of nitrogens with two attached hydrogens (primary N) is 1. The van der Waals surface area contributed by atoms with Crippen molar-refractivity contribution in [3.05, 3.63) is 47.7 Å². The third kappa shape index (κ3) is 4.91. The first-order valence-electron chi connectivity index (χ1n) is 10.2. The average molecular weight is 429 g/mol. The number of hydrogen-bond acceptors (Lipinski definition) is 7. The van der Waals surface area contributed by atoms with Gasteiger partial charge in [-0.1, -0.05) is 13.0 Å². The Morgan fingerprint density at radius 2 is 2.07 bits per heavy atom. The standard InChI is InChI=1S/C21H28N6O2S/c1-14(7-9-22)18-6-5-17(11-15(18)13-30(2,28)29)24-19-12-21(25-16-3-4-16)27-20(26-19)8-10-23-27/h5-6,8,10-12,14,16,25H,3-4,7,9,13,22H2,1-2H3,(H,24,26)/t14-/m1/s1. The smallest absolute Gasteiger partial charge is 0.159 e. The maximum Gasteiger partial charge on any atom is 0.159 e. The highest BCUT2D eigenvalue weighted by molar-refractivity contribution is 7.89. The molecule has 4 rings (SSSR count). The fraction of sp³-hybridized carbons (Fsp3) is 0.429. The molecule has 4 N–H and O–H groups in total. The topological polar surface area (TPSA) is 114 Å². The van der Waals surface area contributed by atoms with Gasteiger partial charge < -0.3 is 16.4 Å². The van der Waals surface area contributed by atoms with Crippen molar-refractivity contribution in [2.45, 2.75) is 43.9 Å². The number of aromatic nitrogens is 3. The number of hydrogen-bond donors (Lipinski definition) is 3. The quantitative estimate of drug-likeness (QED) is 0.480. The van der Waals surface area contributed by atoms with Crippen molar-refractivity contribution in [2.75, 3.05) is 23.4 Å². The number of nitrogens with one attached hydrogen (secondary N) is 2. The molecule has 8 nitrogen and oxygen atoms in total. The monoisotopic (exact) mass is 428 g/mol. The van der Waals surface area contributed by atoms with Crippen LogP contribution in [0.25, 0.3) is 5.65 Å². The zero-order valence-electron chi connectivity index (χ0n) is 17.3. The summed E-state index contributed by atoms with van der Waals surface area (Å²) in [6, 6.07) is 10.1. The SMILES string of the molecule is C[C@H](CCN)c1ccc(Nc2cc(NC3CC3)n3nccc3n2)cc1CS(C)(=O)=O. The number of benzene rings is 1. The highest BCUT2D eigenvalue weighted by Crippen LogP contribution is 2.30. The minimum absolute atomic E-state index is 0.00363. The summed E-state index contributed by atoms with van der Waals surface area (Å²) in [5.41, 5.74) is 9.07. The van der Waals surface area contributed by atoms with E-state index in [0.717, 1.165) is 47.5 Å². The van der Waals surface area contributed by atoms with Gasteiger partial charge in [-0.15, -0.1) is 0 Å². The molecule has 0 amide bonds.